The molecule has 0 radical (unpaired) electrons. The number of fused-ring (bicyclic) bond motifs is 18. The van der Waals surface area contributed by atoms with Crippen LogP contribution in [0.3, 0.4) is 0 Å². The molecule has 6 aromatic carbocycles. The van der Waals surface area contributed by atoms with Gasteiger partial charge in [0, 0.05) is 79.7 Å². The summed E-state index contributed by atoms with van der Waals surface area (Å²) in [5.74, 6) is 0. The Morgan fingerprint density at radius 3 is 1.29 bits per heavy atom. The molecule has 0 fully saturated rings. The standard InChI is InChI=1S/C52H28N4O2/c1-3-17-45-33(9-1)37-13-5-11-31(51(37)57-45)29-19-21-35-39(25-29)41-27-55-44-16-8-24-54-50(44)48(41)36-22-20-30(26-40(36)42-28-56-43-15-7-23-53-49(43)47(35)42)32-12-6-14-38-34-10-2-4-18-46(34)58-52(32)38/h1-28H. The maximum Gasteiger partial charge on any atom is 0.143 e. The Morgan fingerprint density at radius 1 is 0.328 bits per heavy atom. The third-order valence-electron chi connectivity index (χ3n) is 11.8. The number of furan rings is 2. The smallest absolute Gasteiger partial charge is 0.143 e. The molecule has 1 aliphatic carbocycles. The molecule has 268 valence electrons. The van der Waals surface area contributed by atoms with Crippen LogP contribution in [0.2, 0.25) is 0 Å². The summed E-state index contributed by atoms with van der Waals surface area (Å²) >= 11 is 0. The van der Waals surface area contributed by atoms with E-state index in [-0.39, 0.29) is 0 Å². The van der Waals surface area contributed by atoms with Crippen molar-refractivity contribution in [2.75, 3.05) is 0 Å². The van der Waals surface area contributed by atoms with Gasteiger partial charge in [0.25, 0.3) is 0 Å². The van der Waals surface area contributed by atoms with Crippen LogP contribution in [0.5, 0.6) is 0 Å². The summed E-state index contributed by atoms with van der Waals surface area (Å²) in [6.45, 7) is 0. The van der Waals surface area contributed by atoms with E-state index < -0.39 is 0 Å². The molecule has 0 saturated heterocycles. The molecule has 0 bridgehead atoms. The van der Waals surface area contributed by atoms with Crippen molar-refractivity contribution >= 4 is 65.9 Å². The molecule has 0 spiro atoms. The molecule has 0 atom stereocenters. The van der Waals surface area contributed by atoms with Crippen LogP contribution < -0.4 is 0 Å². The van der Waals surface area contributed by atoms with Gasteiger partial charge in [0.05, 0.1) is 22.1 Å². The summed E-state index contributed by atoms with van der Waals surface area (Å²) in [5, 5.41) is 4.38. The van der Waals surface area contributed by atoms with Crippen LogP contribution in [0, 0.1) is 0 Å². The van der Waals surface area contributed by atoms with E-state index in [1.165, 1.54) is 0 Å². The van der Waals surface area contributed by atoms with Crippen LogP contribution in [0.1, 0.15) is 0 Å². The van der Waals surface area contributed by atoms with Crippen LogP contribution in [0.25, 0.3) is 133 Å². The van der Waals surface area contributed by atoms with Crippen LogP contribution in [-0.2, 0) is 0 Å². The Balaban J connectivity index is 1.14. The van der Waals surface area contributed by atoms with Gasteiger partial charge in [0.1, 0.15) is 22.3 Å². The molecule has 0 saturated carbocycles. The fraction of sp³-hybridized carbons (Fsp3) is 0. The second-order valence-electron chi connectivity index (χ2n) is 14.9. The third-order valence-corrected chi connectivity index (χ3v) is 11.8. The number of hydrogen-bond donors (Lipinski definition) is 0. The molecule has 0 amide bonds. The van der Waals surface area contributed by atoms with Crippen molar-refractivity contribution in [3.05, 3.63) is 170 Å². The largest absolute Gasteiger partial charge is 0.455 e. The lowest BCUT2D eigenvalue weighted by atomic mass is 9.79. The summed E-state index contributed by atoms with van der Waals surface area (Å²) < 4.78 is 13.1. The second kappa shape index (κ2) is 11.8. The van der Waals surface area contributed by atoms with Crippen molar-refractivity contribution in [1.82, 2.24) is 19.9 Å². The zero-order chi connectivity index (χ0) is 37.9. The molecule has 6 nitrogen and oxygen atoms in total. The minimum atomic E-state index is 0.826. The van der Waals surface area contributed by atoms with Crippen molar-refractivity contribution in [1.29, 1.82) is 0 Å². The van der Waals surface area contributed by atoms with Crippen molar-refractivity contribution in [2.24, 2.45) is 0 Å². The average Bonchev–Trinajstić information content (AvgIpc) is 3.86. The molecule has 0 unspecified atom stereocenters. The number of para-hydroxylation sites is 4. The van der Waals surface area contributed by atoms with Gasteiger partial charge in [-0.15, -0.1) is 0 Å². The highest BCUT2D eigenvalue weighted by molar-refractivity contribution is 6.16. The quantitative estimate of drug-likeness (QED) is 0.176. The molecule has 6 aromatic heterocycles. The van der Waals surface area contributed by atoms with E-state index in [1.807, 2.05) is 73.3 Å². The fourth-order valence-electron chi connectivity index (χ4n) is 9.25. The Hall–Kier alpha value is -7.96. The number of hydrogen-bond acceptors (Lipinski definition) is 6. The van der Waals surface area contributed by atoms with Gasteiger partial charge in [-0.3, -0.25) is 19.9 Å². The number of benzene rings is 6. The average molecular weight is 741 g/mol. The normalized spacial score (nSPS) is 12.1. The predicted octanol–water partition coefficient (Wildman–Crippen LogP) is 13.7. The minimum absolute atomic E-state index is 0.826. The van der Waals surface area contributed by atoms with Crippen molar-refractivity contribution in [2.45, 2.75) is 0 Å². The Bertz CT molecular complexity index is 3470. The maximum atomic E-state index is 6.56. The number of pyridine rings is 4. The number of rotatable bonds is 2. The molecular weight excluding hydrogens is 713 g/mol. The predicted molar refractivity (Wildman–Crippen MR) is 233 cm³/mol. The molecule has 58 heavy (non-hydrogen) atoms. The van der Waals surface area contributed by atoms with E-state index >= 15 is 0 Å². The van der Waals surface area contributed by atoms with Gasteiger partial charge in [-0.25, -0.2) is 0 Å². The molecule has 12 aromatic rings. The summed E-state index contributed by atoms with van der Waals surface area (Å²) in [6, 6.07) is 50.6. The van der Waals surface area contributed by atoms with Gasteiger partial charge < -0.3 is 8.83 Å². The first-order valence-corrected chi connectivity index (χ1v) is 19.4. The van der Waals surface area contributed by atoms with Crippen molar-refractivity contribution in [3.8, 4) is 66.8 Å². The highest BCUT2D eigenvalue weighted by atomic mass is 16.3. The van der Waals surface area contributed by atoms with E-state index in [1.54, 1.807) is 0 Å². The van der Waals surface area contributed by atoms with Crippen LogP contribution in [-0.4, -0.2) is 19.9 Å². The fourth-order valence-corrected chi connectivity index (χ4v) is 9.25. The maximum absolute atomic E-state index is 6.56. The van der Waals surface area contributed by atoms with Crippen molar-refractivity contribution < 1.29 is 8.83 Å². The monoisotopic (exact) mass is 740 g/mol. The lowest BCUT2D eigenvalue weighted by molar-refractivity contribution is 0.669. The first-order valence-electron chi connectivity index (χ1n) is 19.4. The SMILES string of the molecule is c1cnc2c3c(cnc2c1)-c1cc(-c2cccc4c2oc2ccccc24)ccc1-c1c(cnc2cccnc12)-c1cc(-c2cccc4c2oc2ccccc24)ccc1-3. The van der Waals surface area contributed by atoms with Gasteiger partial charge in [-0.1, -0.05) is 97.1 Å². The van der Waals surface area contributed by atoms with Gasteiger partial charge in [0.2, 0.25) is 0 Å². The molecular formula is C52H28N4O2. The Morgan fingerprint density at radius 2 is 0.793 bits per heavy atom. The molecule has 0 N–H and O–H groups in total. The Kier molecular flexibility index (Phi) is 6.35. The lowest BCUT2D eigenvalue weighted by Crippen LogP contribution is -2.02. The van der Waals surface area contributed by atoms with E-state index in [0.717, 1.165) is 133 Å². The molecule has 0 aliphatic heterocycles. The summed E-state index contributed by atoms with van der Waals surface area (Å²) in [7, 11) is 0. The summed E-state index contributed by atoms with van der Waals surface area (Å²) in [5.41, 5.74) is 19.0. The van der Waals surface area contributed by atoms with E-state index in [0.29, 0.717) is 0 Å². The highest BCUT2D eigenvalue weighted by Crippen LogP contribution is 2.52. The molecule has 13 rings (SSSR count). The molecule has 1 aliphatic rings. The zero-order valence-corrected chi connectivity index (χ0v) is 30.8. The first kappa shape index (κ1) is 31.3. The van der Waals surface area contributed by atoms with Gasteiger partial charge in [-0.2, -0.15) is 0 Å². The van der Waals surface area contributed by atoms with E-state index in [9.17, 15) is 0 Å². The van der Waals surface area contributed by atoms with Gasteiger partial charge in [-0.05, 0) is 81.9 Å². The lowest BCUT2D eigenvalue weighted by Gasteiger charge is -2.25. The second-order valence-corrected chi connectivity index (χ2v) is 14.9. The van der Waals surface area contributed by atoms with Crippen LogP contribution >= 0.6 is 0 Å². The van der Waals surface area contributed by atoms with Gasteiger partial charge in [0.15, 0.2) is 0 Å². The van der Waals surface area contributed by atoms with E-state index in [4.69, 9.17) is 28.8 Å². The van der Waals surface area contributed by atoms with Crippen molar-refractivity contribution in [3.63, 3.8) is 0 Å². The van der Waals surface area contributed by atoms with Crippen LogP contribution in [0.4, 0.5) is 0 Å². The Labute approximate surface area is 330 Å². The minimum Gasteiger partial charge on any atom is -0.455 e. The number of nitrogens with zero attached hydrogens (tertiary/aromatic N) is 4. The zero-order valence-electron chi connectivity index (χ0n) is 30.8. The molecule has 6 heteroatoms. The summed E-state index contributed by atoms with van der Waals surface area (Å²) in [6.07, 6.45) is 7.73. The van der Waals surface area contributed by atoms with Crippen LogP contribution in [0.15, 0.2) is 179 Å². The molecule has 6 heterocycles. The number of aromatic nitrogens is 4. The van der Waals surface area contributed by atoms with Gasteiger partial charge >= 0.3 is 0 Å². The summed E-state index contributed by atoms with van der Waals surface area (Å²) in [4.78, 5) is 20.1. The third kappa shape index (κ3) is 4.37. The highest BCUT2D eigenvalue weighted by Gasteiger charge is 2.28. The topological polar surface area (TPSA) is 77.8 Å². The van der Waals surface area contributed by atoms with E-state index in [2.05, 4.69) is 97.1 Å². The first-order chi connectivity index (χ1) is 28.8.